The minimum Gasteiger partial charge on any atom is -0.309 e. The van der Waals surface area contributed by atoms with E-state index in [4.69, 9.17) is 0 Å². The van der Waals surface area contributed by atoms with Crippen LogP contribution in [0.3, 0.4) is 0 Å². The van der Waals surface area contributed by atoms with Crippen molar-refractivity contribution in [3.8, 4) is 0 Å². The molecule has 0 radical (unpaired) electrons. The molecule has 0 unspecified atom stereocenters. The zero-order chi connectivity index (χ0) is 11.4. The van der Waals surface area contributed by atoms with E-state index >= 15 is 0 Å². The van der Waals surface area contributed by atoms with Gasteiger partial charge in [0, 0.05) is 17.6 Å². The summed E-state index contributed by atoms with van der Waals surface area (Å²) in [4.78, 5) is 0. The Morgan fingerprint density at radius 2 is 2.00 bits per heavy atom. The van der Waals surface area contributed by atoms with Gasteiger partial charge in [-0.25, -0.2) is 0 Å². The summed E-state index contributed by atoms with van der Waals surface area (Å²) in [7, 11) is 0. The van der Waals surface area contributed by atoms with Crippen molar-refractivity contribution in [2.75, 3.05) is 0 Å². The Labute approximate surface area is 109 Å². The van der Waals surface area contributed by atoms with Gasteiger partial charge >= 0.3 is 0 Å². The van der Waals surface area contributed by atoms with Crippen molar-refractivity contribution in [1.29, 1.82) is 0 Å². The second kappa shape index (κ2) is 5.62. The highest BCUT2D eigenvalue weighted by atomic mass is 79.9. The summed E-state index contributed by atoms with van der Waals surface area (Å²) in [6, 6.07) is 8.63. The number of hydrogen-bond acceptors (Lipinski definition) is 2. The molecule has 2 aromatic rings. The average Bonchev–Trinajstić information content (AvgIpc) is 2.76. The van der Waals surface area contributed by atoms with E-state index in [1.807, 2.05) is 0 Å². The molecule has 0 saturated carbocycles. The van der Waals surface area contributed by atoms with Crippen molar-refractivity contribution in [1.82, 2.24) is 5.32 Å². The first kappa shape index (κ1) is 11.8. The summed E-state index contributed by atoms with van der Waals surface area (Å²) in [6.45, 7) is 3.98. The molecule has 0 aliphatic heterocycles. The topological polar surface area (TPSA) is 12.0 Å². The lowest BCUT2D eigenvalue weighted by Gasteiger charge is -2.05. The van der Waals surface area contributed by atoms with Crippen LogP contribution in [0.2, 0.25) is 0 Å². The molecule has 0 aliphatic rings. The molecular formula is C13H14BrNS. The number of rotatable bonds is 4. The summed E-state index contributed by atoms with van der Waals surface area (Å²) in [5.41, 5.74) is 3.98. The van der Waals surface area contributed by atoms with Gasteiger partial charge in [0.1, 0.15) is 0 Å². The first-order valence-corrected chi connectivity index (χ1v) is 6.96. The van der Waals surface area contributed by atoms with Gasteiger partial charge in [-0.3, -0.25) is 0 Å². The van der Waals surface area contributed by atoms with Gasteiger partial charge in [-0.15, -0.1) is 0 Å². The van der Waals surface area contributed by atoms with Gasteiger partial charge in [0.25, 0.3) is 0 Å². The molecule has 0 saturated heterocycles. The molecule has 0 fully saturated rings. The fraction of sp³-hybridized carbons (Fsp3) is 0.231. The maximum Gasteiger partial charge on any atom is 0.0216 e. The lowest BCUT2D eigenvalue weighted by Crippen LogP contribution is -2.12. The molecule has 0 amide bonds. The largest absolute Gasteiger partial charge is 0.309 e. The number of hydrogen-bond donors (Lipinski definition) is 1. The highest BCUT2D eigenvalue weighted by molar-refractivity contribution is 9.10. The third-order valence-corrected chi connectivity index (χ3v) is 4.08. The van der Waals surface area contributed by atoms with E-state index in [2.05, 4.69) is 63.2 Å². The summed E-state index contributed by atoms with van der Waals surface area (Å²) in [5.74, 6) is 0. The first-order valence-electron chi connectivity index (χ1n) is 5.22. The molecule has 84 valence electrons. The van der Waals surface area contributed by atoms with Gasteiger partial charge in [0.15, 0.2) is 0 Å². The molecule has 0 aliphatic carbocycles. The van der Waals surface area contributed by atoms with E-state index in [1.54, 1.807) is 11.3 Å². The van der Waals surface area contributed by atoms with E-state index in [-0.39, 0.29) is 0 Å². The van der Waals surface area contributed by atoms with Crippen molar-refractivity contribution in [2.45, 2.75) is 20.0 Å². The molecule has 2 rings (SSSR count). The number of halogens is 1. The van der Waals surface area contributed by atoms with Crippen LogP contribution < -0.4 is 5.32 Å². The normalized spacial score (nSPS) is 10.6. The smallest absolute Gasteiger partial charge is 0.0216 e. The molecule has 1 aromatic carbocycles. The molecule has 16 heavy (non-hydrogen) atoms. The maximum atomic E-state index is 3.51. The molecular weight excluding hydrogens is 282 g/mol. The monoisotopic (exact) mass is 295 g/mol. The Bertz CT molecular complexity index is 451. The molecule has 1 aromatic heterocycles. The predicted molar refractivity (Wildman–Crippen MR) is 73.7 cm³/mol. The van der Waals surface area contributed by atoms with Crippen LogP contribution in [0, 0.1) is 6.92 Å². The van der Waals surface area contributed by atoms with Gasteiger partial charge in [-0.05, 0) is 46.5 Å². The van der Waals surface area contributed by atoms with E-state index in [0.717, 1.165) is 13.1 Å². The molecule has 0 spiro atoms. The van der Waals surface area contributed by atoms with E-state index < -0.39 is 0 Å². The Hall–Kier alpha value is -0.640. The SMILES string of the molecule is Cc1cc(CNCc2ccsc2)ccc1Br. The highest BCUT2D eigenvalue weighted by Crippen LogP contribution is 2.17. The first-order chi connectivity index (χ1) is 7.75. The minimum absolute atomic E-state index is 0.921. The fourth-order valence-corrected chi connectivity index (χ4v) is 2.48. The van der Waals surface area contributed by atoms with Crippen LogP contribution in [0.15, 0.2) is 39.5 Å². The predicted octanol–water partition coefficient (Wildman–Crippen LogP) is 4.11. The van der Waals surface area contributed by atoms with Gasteiger partial charge in [-0.1, -0.05) is 28.1 Å². The van der Waals surface area contributed by atoms with Gasteiger partial charge in [0.05, 0.1) is 0 Å². The molecule has 0 atom stereocenters. The van der Waals surface area contributed by atoms with Gasteiger partial charge in [0.2, 0.25) is 0 Å². The Morgan fingerprint density at radius 1 is 1.19 bits per heavy atom. The van der Waals surface area contributed by atoms with Crippen LogP contribution >= 0.6 is 27.3 Å². The Morgan fingerprint density at radius 3 is 2.69 bits per heavy atom. The van der Waals surface area contributed by atoms with Crippen molar-refractivity contribution < 1.29 is 0 Å². The molecule has 3 heteroatoms. The Kier molecular flexibility index (Phi) is 4.16. The number of thiophene rings is 1. The van der Waals surface area contributed by atoms with Crippen molar-refractivity contribution in [3.63, 3.8) is 0 Å². The van der Waals surface area contributed by atoms with Crippen molar-refractivity contribution in [3.05, 3.63) is 56.2 Å². The van der Waals surface area contributed by atoms with Crippen LogP contribution in [0.25, 0.3) is 0 Å². The molecule has 1 heterocycles. The summed E-state index contributed by atoms with van der Waals surface area (Å²) < 4.78 is 1.18. The molecule has 0 bridgehead atoms. The lowest BCUT2D eigenvalue weighted by atomic mass is 10.1. The zero-order valence-corrected chi connectivity index (χ0v) is 11.6. The summed E-state index contributed by atoms with van der Waals surface area (Å²) >= 11 is 5.25. The van der Waals surface area contributed by atoms with Crippen LogP contribution in [0.1, 0.15) is 16.7 Å². The standard InChI is InChI=1S/C13H14BrNS/c1-10-6-11(2-3-13(10)14)7-15-8-12-4-5-16-9-12/h2-6,9,15H,7-8H2,1H3. The third-order valence-electron chi connectivity index (χ3n) is 2.46. The van der Waals surface area contributed by atoms with E-state index in [1.165, 1.54) is 21.2 Å². The summed E-state index contributed by atoms with van der Waals surface area (Å²) in [6.07, 6.45) is 0. The van der Waals surface area contributed by atoms with E-state index in [0.29, 0.717) is 0 Å². The third kappa shape index (κ3) is 3.17. The van der Waals surface area contributed by atoms with Crippen LogP contribution in [-0.4, -0.2) is 0 Å². The van der Waals surface area contributed by atoms with Crippen LogP contribution in [-0.2, 0) is 13.1 Å². The second-order valence-electron chi connectivity index (χ2n) is 3.82. The minimum atomic E-state index is 0.921. The van der Waals surface area contributed by atoms with Gasteiger partial charge < -0.3 is 5.32 Å². The molecule has 1 nitrogen and oxygen atoms in total. The quantitative estimate of drug-likeness (QED) is 0.895. The zero-order valence-electron chi connectivity index (χ0n) is 9.16. The van der Waals surface area contributed by atoms with Crippen LogP contribution in [0.5, 0.6) is 0 Å². The number of benzene rings is 1. The van der Waals surface area contributed by atoms with Crippen molar-refractivity contribution in [2.24, 2.45) is 0 Å². The molecule has 1 N–H and O–H groups in total. The second-order valence-corrected chi connectivity index (χ2v) is 5.45. The maximum absolute atomic E-state index is 3.51. The Balaban J connectivity index is 1.87. The average molecular weight is 296 g/mol. The number of nitrogens with one attached hydrogen (secondary N) is 1. The van der Waals surface area contributed by atoms with E-state index in [9.17, 15) is 0 Å². The highest BCUT2D eigenvalue weighted by Gasteiger charge is 1.97. The lowest BCUT2D eigenvalue weighted by molar-refractivity contribution is 0.694. The van der Waals surface area contributed by atoms with Gasteiger partial charge in [-0.2, -0.15) is 11.3 Å². The fourth-order valence-electron chi connectivity index (χ4n) is 1.56. The van der Waals surface area contributed by atoms with Crippen LogP contribution in [0.4, 0.5) is 0 Å². The number of aryl methyl sites for hydroxylation is 1. The van der Waals surface area contributed by atoms with Crippen molar-refractivity contribution >= 4 is 27.3 Å². The summed E-state index contributed by atoms with van der Waals surface area (Å²) in [5, 5.41) is 7.73.